The van der Waals surface area contributed by atoms with Crippen molar-refractivity contribution >= 4 is 17.4 Å². The number of primary amides is 1. The molecule has 0 spiro atoms. The Kier molecular flexibility index (Phi) is 8.80. The monoisotopic (exact) mass is 449 g/mol. The van der Waals surface area contributed by atoms with Crippen LogP contribution in [0.5, 0.6) is 0 Å². The van der Waals surface area contributed by atoms with Crippen LogP contribution in [0.1, 0.15) is 65.0 Å². The minimum atomic E-state index is -0.438. The highest BCUT2D eigenvalue weighted by molar-refractivity contribution is 5.95. The van der Waals surface area contributed by atoms with E-state index < -0.39 is 5.91 Å². The molecule has 2 aromatic rings. The van der Waals surface area contributed by atoms with Gasteiger partial charge in [-0.15, -0.1) is 0 Å². The third-order valence-electron chi connectivity index (χ3n) is 6.37. The summed E-state index contributed by atoms with van der Waals surface area (Å²) in [6.07, 6.45) is 2.68. The van der Waals surface area contributed by atoms with Crippen molar-refractivity contribution in [1.29, 1.82) is 0 Å². The Morgan fingerprint density at radius 2 is 1.36 bits per heavy atom. The second-order valence-electron chi connectivity index (χ2n) is 8.39. The summed E-state index contributed by atoms with van der Waals surface area (Å²) < 4.78 is 0. The number of carbonyl (C=O) groups excluding carboxylic acids is 2. The number of hydrogen-bond acceptors (Lipinski definition) is 4. The molecule has 0 unspecified atom stereocenters. The van der Waals surface area contributed by atoms with Gasteiger partial charge in [0.1, 0.15) is 0 Å². The number of aliphatic hydroxyl groups excluding tert-OH is 1. The van der Waals surface area contributed by atoms with E-state index in [1.54, 1.807) is 12.1 Å². The Hall–Kier alpha value is -2.96. The number of nitrogens with zero attached hydrogens (tertiary/aromatic N) is 2. The van der Waals surface area contributed by atoms with Crippen molar-refractivity contribution in [1.82, 2.24) is 9.80 Å². The molecule has 6 heteroatoms. The van der Waals surface area contributed by atoms with Crippen molar-refractivity contribution in [2.75, 3.05) is 39.3 Å². The van der Waals surface area contributed by atoms with Gasteiger partial charge in [-0.3, -0.25) is 9.59 Å². The van der Waals surface area contributed by atoms with Crippen molar-refractivity contribution in [3.63, 3.8) is 0 Å². The molecule has 3 N–H and O–H groups in total. The zero-order chi connectivity index (χ0) is 23.8. The summed E-state index contributed by atoms with van der Waals surface area (Å²) in [6, 6.07) is 15.3. The van der Waals surface area contributed by atoms with E-state index >= 15 is 0 Å². The topological polar surface area (TPSA) is 86.9 Å². The number of piperidine rings is 1. The fourth-order valence-corrected chi connectivity index (χ4v) is 4.44. The first-order valence-corrected chi connectivity index (χ1v) is 11.8. The first kappa shape index (κ1) is 24.7. The van der Waals surface area contributed by atoms with Gasteiger partial charge in [-0.05, 0) is 74.1 Å². The van der Waals surface area contributed by atoms with Crippen molar-refractivity contribution in [3.05, 3.63) is 76.4 Å². The van der Waals surface area contributed by atoms with E-state index in [0.717, 1.165) is 55.6 Å². The average molecular weight is 450 g/mol. The maximum atomic E-state index is 12.7. The Bertz CT molecular complexity index is 967. The number of carbonyl (C=O) groups is 2. The molecule has 33 heavy (non-hydrogen) atoms. The molecule has 0 saturated carbocycles. The number of rotatable bonds is 9. The number of nitrogens with two attached hydrogens (primary N) is 1. The standard InChI is InChI=1S/C27H35N3O3/c1-3-30(4-2)27(33)24-12-8-21(9-13-24)25(20-6-10-23(11-7-20)26(28)32)22-14-17-29(18-15-22)16-5-19-31/h6-13,31H,3-5,14-19H2,1-2H3,(H2,28,32). The van der Waals surface area contributed by atoms with Crippen LogP contribution in [0.4, 0.5) is 0 Å². The van der Waals surface area contributed by atoms with Crippen molar-refractivity contribution in [2.45, 2.75) is 33.1 Å². The molecule has 0 atom stereocenters. The molecule has 1 aliphatic heterocycles. The molecule has 1 saturated heterocycles. The Morgan fingerprint density at radius 1 is 0.879 bits per heavy atom. The molecule has 0 aliphatic carbocycles. The Morgan fingerprint density at radius 3 is 1.82 bits per heavy atom. The highest BCUT2D eigenvalue weighted by Gasteiger charge is 2.20. The van der Waals surface area contributed by atoms with Gasteiger partial charge in [0.15, 0.2) is 0 Å². The number of benzene rings is 2. The lowest BCUT2D eigenvalue weighted by atomic mass is 9.87. The predicted molar refractivity (Wildman–Crippen MR) is 132 cm³/mol. The molecule has 1 aliphatic rings. The van der Waals surface area contributed by atoms with Crippen LogP contribution in [0.3, 0.4) is 0 Å². The number of aliphatic hydroxyl groups is 1. The minimum absolute atomic E-state index is 0.0451. The molecule has 176 valence electrons. The van der Waals surface area contributed by atoms with Gasteiger partial charge in [-0.25, -0.2) is 0 Å². The van der Waals surface area contributed by atoms with Gasteiger partial charge in [-0.1, -0.05) is 29.8 Å². The van der Waals surface area contributed by atoms with Crippen LogP contribution in [0, 0.1) is 0 Å². The molecule has 0 radical (unpaired) electrons. The molecule has 2 aromatic carbocycles. The largest absolute Gasteiger partial charge is 0.396 e. The highest BCUT2D eigenvalue weighted by atomic mass is 16.3. The van der Waals surface area contributed by atoms with Crippen molar-refractivity contribution < 1.29 is 14.7 Å². The van der Waals surface area contributed by atoms with Gasteiger partial charge in [0.25, 0.3) is 5.91 Å². The fraction of sp³-hybridized carbons (Fsp3) is 0.407. The van der Waals surface area contributed by atoms with Gasteiger partial charge in [-0.2, -0.15) is 0 Å². The molecular weight excluding hydrogens is 414 g/mol. The SMILES string of the molecule is CCN(CC)C(=O)c1ccc(C(=C2CCN(CCCO)CC2)c2ccc(C(N)=O)cc2)cc1. The van der Waals surface area contributed by atoms with E-state index in [2.05, 4.69) is 4.90 Å². The maximum Gasteiger partial charge on any atom is 0.253 e. The van der Waals surface area contributed by atoms with Crippen LogP contribution < -0.4 is 5.73 Å². The van der Waals surface area contributed by atoms with Crippen LogP contribution in [-0.2, 0) is 0 Å². The molecule has 6 nitrogen and oxygen atoms in total. The summed E-state index contributed by atoms with van der Waals surface area (Å²) in [7, 11) is 0. The lowest BCUT2D eigenvalue weighted by Crippen LogP contribution is -2.32. The second kappa shape index (κ2) is 11.8. The van der Waals surface area contributed by atoms with Gasteiger partial charge in [0.2, 0.25) is 5.91 Å². The molecule has 1 heterocycles. The zero-order valence-corrected chi connectivity index (χ0v) is 19.7. The first-order chi connectivity index (χ1) is 16.0. The number of hydrogen-bond donors (Lipinski definition) is 2. The molecule has 1 fully saturated rings. The number of amides is 2. The van der Waals surface area contributed by atoms with Crippen molar-refractivity contribution in [2.24, 2.45) is 5.73 Å². The summed E-state index contributed by atoms with van der Waals surface area (Å²) in [4.78, 5) is 28.5. The van der Waals surface area contributed by atoms with E-state index in [9.17, 15) is 9.59 Å². The van der Waals surface area contributed by atoms with E-state index in [0.29, 0.717) is 24.2 Å². The van der Waals surface area contributed by atoms with Crippen molar-refractivity contribution in [3.8, 4) is 0 Å². The zero-order valence-electron chi connectivity index (χ0n) is 19.7. The van der Waals surface area contributed by atoms with Gasteiger partial charge < -0.3 is 20.6 Å². The lowest BCUT2D eigenvalue weighted by molar-refractivity contribution is 0.0772. The lowest BCUT2D eigenvalue weighted by Gasteiger charge is -2.30. The average Bonchev–Trinajstić information content (AvgIpc) is 2.85. The quantitative estimate of drug-likeness (QED) is 0.613. The molecular formula is C27H35N3O3. The fourth-order valence-electron chi connectivity index (χ4n) is 4.44. The maximum absolute atomic E-state index is 12.7. The number of likely N-dealkylation sites (tertiary alicyclic amines) is 1. The summed E-state index contributed by atoms with van der Waals surface area (Å²) in [6.45, 7) is 8.38. The van der Waals surface area contributed by atoms with Crippen LogP contribution in [0.15, 0.2) is 54.1 Å². The van der Waals surface area contributed by atoms with E-state index in [1.807, 2.05) is 55.1 Å². The van der Waals surface area contributed by atoms with E-state index in [4.69, 9.17) is 10.8 Å². The minimum Gasteiger partial charge on any atom is -0.396 e. The van der Waals surface area contributed by atoms with Crippen LogP contribution in [0.25, 0.3) is 5.57 Å². The molecule has 0 bridgehead atoms. The van der Waals surface area contributed by atoms with Gasteiger partial charge in [0, 0.05) is 50.5 Å². The molecule has 0 aromatic heterocycles. The predicted octanol–water partition coefficient (Wildman–Crippen LogP) is 3.55. The summed E-state index contributed by atoms with van der Waals surface area (Å²) in [5, 5.41) is 9.13. The van der Waals surface area contributed by atoms with Crippen LogP contribution in [-0.4, -0.2) is 66.1 Å². The summed E-state index contributed by atoms with van der Waals surface area (Å²) >= 11 is 0. The van der Waals surface area contributed by atoms with Gasteiger partial charge in [0.05, 0.1) is 0 Å². The Balaban J connectivity index is 1.94. The summed E-state index contributed by atoms with van der Waals surface area (Å²) in [5.41, 5.74) is 11.2. The molecule has 3 rings (SSSR count). The molecule has 2 amide bonds. The summed E-state index contributed by atoms with van der Waals surface area (Å²) in [5.74, 6) is -0.393. The second-order valence-corrected chi connectivity index (χ2v) is 8.39. The van der Waals surface area contributed by atoms with E-state index in [-0.39, 0.29) is 12.5 Å². The van der Waals surface area contributed by atoms with E-state index in [1.165, 1.54) is 5.57 Å². The van der Waals surface area contributed by atoms with Crippen LogP contribution in [0.2, 0.25) is 0 Å². The van der Waals surface area contributed by atoms with Crippen LogP contribution >= 0.6 is 0 Å². The smallest absolute Gasteiger partial charge is 0.253 e. The normalized spacial score (nSPS) is 14.2. The first-order valence-electron chi connectivity index (χ1n) is 11.8. The third kappa shape index (κ3) is 6.09. The van der Waals surface area contributed by atoms with Gasteiger partial charge >= 0.3 is 0 Å². The highest BCUT2D eigenvalue weighted by Crippen LogP contribution is 2.33. The Labute approximate surface area is 196 Å². The third-order valence-corrected chi connectivity index (χ3v) is 6.37.